The lowest BCUT2D eigenvalue weighted by Gasteiger charge is -2.03. The molecule has 0 amide bonds. The van der Waals surface area contributed by atoms with Crippen LogP contribution >= 0.6 is 34.5 Å². The zero-order valence-corrected chi connectivity index (χ0v) is 13.4. The second-order valence-electron chi connectivity index (χ2n) is 4.48. The van der Waals surface area contributed by atoms with Crippen LogP contribution in [0.4, 0.5) is 0 Å². The van der Waals surface area contributed by atoms with E-state index in [9.17, 15) is 10.4 Å². The average molecular weight is 347 g/mol. The fourth-order valence-corrected chi connectivity index (χ4v) is 3.42. The van der Waals surface area contributed by atoms with Crippen LogP contribution in [0.3, 0.4) is 0 Å². The number of aromatic nitrogens is 1. The number of nitriles is 1. The van der Waals surface area contributed by atoms with E-state index in [1.54, 1.807) is 6.07 Å². The molecular weight excluding hydrogens is 339 g/mol. The maximum absolute atomic E-state index is 9.99. The summed E-state index contributed by atoms with van der Waals surface area (Å²) in [5, 5.41) is 20.5. The van der Waals surface area contributed by atoms with Crippen LogP contribution in [0, 0.1) is 11.3 Å². The van der Waals surface area contributed by atoms with E-state index in [1.807, 2.05) is 24.3 Å². The zero-order chi connectivity index (χ0) is 15.7. The monoisotopic (exact) mass is 346 g/mol. The third-order valence-corrected chi connectivity index (χ3v) is 4.58. The number of para-hydroxylation sites is 1. The van der Waals surface area contributed by atoms with E-state index in [-0.39, 0.29) is 10.8 Å². The number of aromatic hydroxyl groups is 1. The van der Waals surface area contributed by atoms with Gasteiger partial charge in [0.2, 0.25) is 0 Å². The lowest BCUT2D eigenvalue weighted by Crippen LogP contribution is -1.83. The number of rotatable bonds is 2. The summed E-state index contributed by atoms with van der Waals surface area (Å²) in [6.45, 7) is 0. The topological polar surface area (TPSA) is 56.9 Å². The summed E-state index contributed by atoms with van der Waals surface area (Å²) in [5.41, 5.74) is 1.56. The van der Waals surface area contributed by atoms with Gasteiger partial charge in [-0.1, -0.05) is 35.3 Å². The summed E-state index contributed by atoms with van der Waals surface area (Å²) in [5.74, 6) is -0.111. The minimum atomic E-state index is -0.111. The van der Waals surface area contributed by atoms with Crippen molar-refractivity contribution in [2.45, 2.75) is 0 Å². The first-order chi connectivity index (χ1) is 10.6. The third-order valence-electron chi connectivity index (χ3n) is 3.00. The van der Waals surface area contributed by atoms with Crippen LogP contribution in [-0.2, 0) is 0 Å². The Kier molecular flexibility index (Phi) is 4.04. The summed E-state index contributed by atoms with van der Waals surface area (Å²) in [6, 6.07) is 12.7. The van der Waals surface area contributed by atoms with Crippen LogP contribution in [0.15, 0.2) is 36.4 Å². The van der Waals surface area contributed by atoms with E-state index in [2.05, 4.69) is 11.1 Å². The molecule has 108 valence electrons. The van der Waals surface area contributed by atoms with E-state index in [0.29, 0.717) is 21.2 Å². The standard InChI is InChI=1S/C16H8Cl2N2OS/c17-11-6-9(15(21)12(18)7-11)5-10(8-19)16-20-13-3-1-2-4-14(13)22-16/h1-7,21H. The highest BCUT2D eigenvalue weighted by molar-refractivity contribution is 7.19. The van der Waals surface area contributed by atoms with E-state index >= 15 is 0 Å². The summed E-state index contributed by atoms with van der Waals surface area (Å²) in [6.07, 6.45) is 1.53. The Morgan fingerprint density at radius 2 is 2.05 bits per heavy atom. The van der Waals surface area contributed by atoms with Gasteiger partial charge >= 0.3 is 0 Å². The Hall–Kier alpha value is -2.06. The first-order valence-corrected chi connectivity index (χ1v) is 7.81. The van der Waals surface area contributed by atoms with Crippen LogP contribution < -0.4 is 0 Å². The summed E-state index contributed by atoms with van der Waals surface area (Å²) in [7, 11) is 0. The second-order valence-corrected chi connectivity index (χ2v) is 6.36. The number of benzene rings is 2. The van der Waals surface area contributed by atoms with Gasteiger partial charge < -0.3 is 5.11 Å². The molecule has 22 heavy (non-hydrogen) atoms. The number of phenols is 1. The number of phenolic OH excluding ortho intramolecular Hbond substituents is 1. The molecule has 0 fully saturated rings. The molecular formula is C16H8Cl2N2OS. The highest BCUT2D eigenvalue weighted by Crippen LogP contribution is 2.34. The van der Waals surface area contributed by atoms with Gasteiger partial charge in [0.1, 0.15) is 16.8 Å². The third kappa shape index (κ3) is 2.79. The smallest absolute Gasteiger partial charge is 0.141 e. The molecule has 2 aromatic carbocycles. The van der Waals surface area contributed by atoms with Crippen molar-refractivity contribution in [1.82, 2.24) is 4.98 Å². The van der Waals surface area contributed by atoms with Crippen LogP contribution in [0.1, 0.15) is 10.6 Å². The normalized spacial score (nSPS) is 11.6. The second kappa shape index (κ2) is 5.98. The molecule has 0 saturated carbocycles. The predicted molar refractivity (Wildman–Crippen MR) is 91.2 cm³/mol. The Bertz CT molecular complexity index is 908. The van der Waals surface area contributed by atoms with Gasteiger partial charge in [-0.3, -0.25) is 0 Å². The van der Waals surface area contributed by atoms with Gasteiger partial charge in [-0.15, -0.1) is 11.3 Å². The van der Waals surface area contributed by atoms with Gasteiger partial charge in [0.25, 0.3) is 0 Å². The molecule has 0 bridgehead atoms. The van der Waals surface area contributed by atoms with Crippen molar-refractivity contribution < 1.29 is 5.11 Å². The molecule has 0 saturated heterocycles. The zero-order valence-electron chi connectivity index (χ0n) is 11.0. The van der Waals surface area contributed by atoms with Crippen molar-refractivity contribution in [2.75, 3.05) is 0 Å². The molecule has 0 aliphatic carbocycles. The minimum absolute atomic E-state index is 0.111. The highest BCUT2D eigenvalue weighted by atomic mass is 35.5. The largest absolute Gasteiger partial charge is 0.506 e. The van der Waals surface area contributed by atoms with Crippen molar-refractivity contribution in [3.63, 3.8) is 0 Å². The lowest BCUT2D eigenvalue weighted by molar-refractivity contribution is 0.474. The molecule has 3 rings (SSSR count). The van der Waals surface area contributed by atoms with E-state index in [1.165, 1.54) is 23.5 Å². The maximum Gasteiger partial charge on any atom is 0.141 e. The van der Waals surface area contributed by atoms with Crippen LogP contribution in [0.5, 0.6) is 5.75 Å². The van der Waals surface area contributed by atoms with Crippen LogP contribution in [-0.4, -0.2) is 10.1 Å². The van der Waals surface area contributed by atoms with Crippen molar-refractivity contribution in [3.05, 3.63) is 57.0 Å². The van der Waals surface area contributed by atoms with Crippen molar-refractivity contribution in [2.24, 2.45) is 0 Å². The maximum atomic E-state index is 9.99. The first kappa shape index (κ1) is 14.9. The molecule has 0 spiro atoms. The Morgan fingerprint density at radius 3 is 2.77 bits per heavy atom. The van der Waals surface area contributed by atoms with Gasteiger partial charge in [-0.2, -0.15) is 5.26 Å². The molecule has 1 aromatic heterocycles. The minimum Gasteiger partial charge on any atom is -0.506 e. The first-order valence-electron chi connectivity index (χ1n) is 6.24. The van der Waals surface area contributed by atoms with Gasteiger partial charge in [0.15, 0.2) is 0 Å². The number of fused-ring (bicyclic) bond motifs is 1. The predicted octanol–water partition coefficient (Wildman–Crippen LogP) is 5.37. The molecule has 3 nitrogen and oxygen atoms in total. The van der Waals surface area contributed by atoms with Crippen LogP contribution in [0.25, 0.3) is 21.9 Å². The molecule has 1 heterocycles. The molecule has 6 heteroatoms. The van der Waals surface area contributed by atoms with E-state index in [4.69, 9.17) is 23.2 Å². The highest BCUT2D eigenvalue weighted by Gasteiger charge is 2.11. The Morgan fingerprint density at radius 1 is 1.27 bits per heavy atom. The van der Waals surface area contributed by atoms with Crippen molar-refractivity contribution in [3.8, 4) is 11.8 Å². The van der Waals surface area contributed by atoms with Crippen LogP contribution in [0.2, 0.25) is 10.0 Å². The van der Waals surface area contributed by atoms with Gasteiger partial charge in [0, 0.05) is 10.6 Å². The molecule has 1 N–H and O–H groups in total. The average Bonchev–Trinajstić information content (AvgIpc) is 2.93. The van der Waals surface area contributed by atoms with E-state index in [0.717, 1.165) is 10.2 Å². The number of allylic oxidation sites excluding steroid dienone is 1. The lowest BCUT2D eigenvalue weighted by atomic mass is 10.1. The Balaban J connectivity index is 2.13. The molecule has 0 unspecified atom stereocenters. The molecule has 0 aliphatic heterocycles. The summed E-state index contributed by atoms with van der Waals surface area (Å²) >= 11 is 13.2. The SMILES string of the molecule is N#CC(=Cc1cc(Cl)cc(Cl)c1O)c1nc2ccccc2s1. The Labute approximate surface area is 140 Å². The molecule has 0 radical (unpaired) electrons. The van der Waals surface area contributed by atoms with Gasteiger partial charge in [-0.05, 0) is 30.3 Å². The number of thiazole rings is 1. The fraction of sp³-hybridized carbons (Fsp3) is 0. The van der Waals surface area contributed by atoms with Gasteiger partial charge in [0.05, 0.1) is 20.8 Å². The summed E-state index contributed by atoms with van der Waals surface area (Å²) < 4.78 is 0.993. The summed E-state index contributed by atoms with van der Waals surface area (Å²) in [4.78, 5) is 4.43. The molecule has 0 aliphatic rings. The van der Waals surface area contributed by atoms with Crippen molar-refractivity contribution in [1.29, 1.82) is 5.26 Å². The van der Waals surface area contributed by atoms with Gasteiger partial charge in [-0.25, -0.2) is 4.98 Å². The van der Waals surface area contributed by atoms with Crippen molar-refractivity contribution >= 4 is 56.4 Å². The fourth-order valence-electron chi connectivity index (χ4n) is 1.98. The number of hydrogen-bond donors (Lipinski definition) is 1. The quantitative estimate of drug-likeness (QED) is 0.634. The number of hydrogen-bond acceptors (Lipinski definition) is 4. The van der Waals surface area contributed by atoms with E-state index < -0.39 is 0 Å². The number of halogens is 2. The molecule has 3 aromatic rings. The molecule has 0 atom stereocenters. The number of nitrogens with zero attached hydrogens (tertiary/aromatic N) is 2.